The van der Waals surface area contributed by atoms with Crippen LogP contribution in [-0.4, -0.2) is 47.5 Å². The van der Waals surface area contributed by atoms with Gasteiger partial charge in [0.25, 0.3) is 5.91 Å². The van der Waals surface area contributed by atoms with Gasteiger partial charge >= 0.3 is 28.4 Å². The summed E-state index contributed by atoms with van der Waals surface area (Å²) >= 11 is 0. The summed E-state index contributed by atoms with van der Waals surface area (Å²) < 4.78 is 167. The van der Waals surface area contributed by atoms with Crippen LogP contribution in [0.3, 0.4) is 0 Å². The van der Waals surface area contributed by atoms with Crippen molar-refractivity contribution in [3.8, 4) is 5.75 Å². The highest BCUT2D eigenvalue weighted by atomic mass is 32.2. The summed E-state index contributed by atoms with van der Waals surface area (Å²) in [6, 6.07) is 0.701. The van der Waals surface area contributed by atoms with E-state index in [1.807, 2.05) is 5.32 Å². The molecule has 1 N–H and O–H groups in total. The first-order valence-electron chi connectivity index (χ1n) is 10.5. The number of alkyl halides is 8. The zero-order valence-corrected chi connectivity index (χ0v) is 20.5. The normalized spacial score (nSPS) is 24.3. The maximum atomic E-state index is 14.6. The first-order chi connectivity index (χ1) is 17.6. The molecule has 19 heteroatoms. The average Bonchev–Trinajstić information content (AvgIpc) is 3.29. The Morgan fingerprint density at radius 1 is 1.18 bits per heavy atom. The minimum Gasteiger partial charge on any atom is -0.372 e. The maximum absolute atomic E-state index is 14.6. The lowest BCUT2D eigenvalue weighted by Gasteiger charge is -2.32. The highest BCUT2D eigenvalue weighted by Crippen LogP contribution is 2.55. The van der Waals surface area contributed by atoms with Gasteiger partial charge in [-0.1, -0.05) is 13.0 Å². The molecule has 3 rings (SSSR count). The third kappa shape index (κ3) is 5.37. The lowest BCUT2D eigenvalue weighted by Crippen LogP contribution is -2.47. The van der Waals surface area contributed by atoms with E-state index >= 15 is 0 Å². The predicted octanol–water partition coefficient (Wildman–Crippen LogP) is 5.17. The number of nitrogens with zero attached hydrogens (tertiary/aromatic N) is 2. The van der Waals surface area contributed by atoms with Crippen molar-refractivity contribution in [3.05, 3.63) is 41.2 Å². The van der Waals surface area contributed by atoms with Crippen LogP contribution in [0.15, 0.2) is 18.3 Å². The van der Waals surface area contributed by atoms with Crippen LogP contribution in [0.2, 0.25) is 0 Å². The van der Waals surface area contributed by atoms with E-state index in [0.717, 1.165) is 13.8 Å². The minimum atomic E-state index is -6.67. The number of carbonyl (C=O) groups excluding carboxylic acids is 1. The molecule has 0 aliphatic carbocycles. The second kappa shape index (κ2) is 9.83. The van der Waals surface area contributed by atoms with Gasteiger partial charge in [-0.2, -0.15) is 53.0 Å². The molecule has 0 bridgehead atoms. The fourth-order valence-corrected chi connectivity index (χ4v) is 4.47. The Morgan fingerprint density at radius 2 is 1.77 bits per heavy atom. The SMILES string of the molecule is Cc1nn(C(F)F)cc1NC(=O)[C@@H]1O[C@@](C)(C(F)(F)F)[C@@H](C)[C@H]1c1ccc(F)c(F)c1OS(=O)(=O)C(F)(F)F. The van der Waals surface area contributed by atoms with E-state index in [2.05, 4.69) is 9.28 Å². The number of benzene rings is 1. The van der Waals surface area contributed by atoms with Crippen LogP contribution in [0, 0.1) is 24.5 Å². The summed E-state index contributed by atoms with van der Waals surface area (Å²) in [5, 5.41) is 5.40. The van der Waals surface area contributed by atoms with Gasteiger partial charge in [0, 0.05) is 17.4 Å². The van der Waals surface area contributed by atoms with Crippen LogP contribution >= 0.6 is 0 Å². The first kappa shape index (κ1) is 30.5. The summed E-state index contributed by atoms with van der Waals surface area (Å²) in [5.41, 5.74) is -11.1. The molecule has 1 aromatic heterocycles. The van der Waals surface area contributed by atoms with Crippen LogP contribution < -0.4 is 9.50 Å². The largest absolute Gasteiger partial charge is 0.534 e. The number of hydrogen-bond acceptors (Lipinski definition) is 6. The first-order valence-corrected chi connectivity index (χ1v) is 11.9. The molecule has 0 radical (unpaired) electrons. The number of hydrogen-bond donors (Lipinski definition) is 1. The summed E-state index contributed by atoms with van der Waals surface area (Å²) in [5.74, 6) is -11.7. The molecular weight excluding hydrogens is 584 g/mol. The fourth-order valence-electron chi connectivity index (χ4n) is 3.98. The Balaban J connectivity index is 2.18. The molecule has 1 aliphatic heterocycles. The zero-order chi connectivity index (χ0) is 29.9. The molecule has 0 spiro atoms. The Bertz CT molecular complexity index is 1380. The molecule has 4 atom stereocenters. The van der Waals surface area contributed by atoms with E-state index in [-0.39, 0.29) is 16.4 Å². The highest BCUT2D eigenvalue weighted by molar-refractivity contribution is 7.88. The number of anilines is 1. The fraction of sp³-hybridized carbons (Fsp3) is 0.500. The lowest BCUT2D eigenvalue weighted by atomic mass is 9.77. The third-order valence-corrected chi connectivity index (χ3v) is 7.17. The summed E-state index contributed by atoms with van der Waals surface area (Å²) in [6.07, 6.45) is -6.99. The lowest BCUT2D eigenvalue weighted by molar-refractivity contribution is -0.272. The van der Waals surface area contributed by atoms with Crippen molar-refractivity contribution >= 4 is 21.7 Å². The number of amides is 1. The van der Waals surface area contributed by atoms with Crippen LogP contribution in [0.1, 0.15) is 37.6 Å². The number of nitrogens with one attached hydrogen (secondary N) is 1. The second-order valence-electron chi connectivity index (χ2n) is 8.60. The Kier molecular flexibility index (Phi) is 7.67. The number of ether oxygens (including phenoxy) is 1. The second-order valence-corrected chi connectivity index (χ2v) is 10.1. The summed E-state index contributed by atoms with van der Waals surface area (Å²) in [4.78, 5) is 13.1. The molecule has 1 saturated heterocycles. The van der Waals surface area contributed by atoms with E-state index in [1.54, 1.807) is 0 Å². The van der Waals surface area contributed by atoms with Gasteiger partial charge in [-0.25, -0.2) is 9.07 Å². The number of halogens is 10. The van der Waals surface area contributed by atoms with E-state index in [4.69, 9.17) is 4.74 Å². The van der Waals surface area contributed by atoms with Gasteiger partial charge < -0.3 is 14.2 Å². The Labute approximate surface area is 213 Å². The van der Waals surface area contributed by atoms with Gasteiger partial charge in [0.1, 0.15) is 6.10 Å². The third-order valence-electron chi connectivity index (χ3n) is 6.22. The molecule has 2 heterocycles. The molecule has 1 fully saturated rings. The molecule has 8 nitrogen and oxygen atoms in total. The van der Waals surface area contributed by atoms with Crippen molar-refractivity contribution in [3.63, 3.8) is 0 Å². The van der Waals surface area contributed by atoms with Crippen molar-refractivity contribution in [2.24, 2.45) is 5.92 Å². The van der Waals surface area contributed by atoms with Gasteiger partial charge in [-0.3, -0.25) is 4.79 Å². The number of rotatable bonds is 6. The van der Waals surface area contributed by atoms with E-state index < -0.39 is 86.4 Å². The van der Waals surface area contributed by atoms with E-state index in [9.17, 15) is 57.1 Å². The zero-order valence-electron chi connectivity index (χ0n) is 19.7. The Hall–Kier alpha value is -3.09. The molecule has 2 aromatic rings. The summed E-state index contributed by atoms with van der Waals surface area (Å²) in [7, 11) is -6.67. The maximum Gasteiger partial charge on any atom is 0.534 e. The number of aryl methyl sites for hydroxylation is 1. The molecule has 218 valence electrons. The molecule has 1 aromatic carbocycles. The van der Waals surface area contributed by atoms with Crippen LogP contribution in [-0.2, 0) is 19.6 Å². The highest BCUT2D eigenvalue weighted by Gasteiger charge is 2.66. The molecular formula is C20H17F10N3O5S. The number of aromatic nitrogens is 2. The molecule has 1 aliphatic rings. The molecule has 0 unspecified atom stereocenters. The smallest absolute Gasteiger partial charge is 0.372 e. The minimum absolute atomic E-state index is 0.101. The quantitative estimate of drug-likeness (QED) is 0.279. The standard InChI is InChI=1S/C20H17F10N3O5S/c1-7-12(9-4-5-10(21)13(22)14(9)38-39(35,36)20(28,29)30)15(37-18(7,3)19(25,26)27)16(34)31-11-6-33(17(23)24)32-8(11)2/h4-7,12,15,17H,1-3H3,(H,31,34)/t7-,12-,15+,18+/m0/s1. The summed E-state index contributed by atoms with van der Waals surface area (Å²) in [6.45, 7) is -0.747. The van der Waals surface area contributed by atoms with Crippen molar-refractivity contribution in [2.45, 2.75) is 56.6 Å². The van der Waals surface area contributed by atoms with Gasteiger partial charge in [-0.05, 0) is 19.9 Å². The van der Waals surface area contributed by atoms with Crippen LogP contribution in [0.25, 0.3) is 0 Å². The van der Waals surface area contributed by atoms with Crippen LogP contribution in [0.4, 0.5) is 49.6 Å². The van der Waals surface area contributed by atoms with E-state index in [0.29, 0.717) is 19.2 Å². The Morgan fingerprint density at radius 3 is 2.26 bits per heavy atom. The van der Waals surface area contributed by atoms with Crippen molar-refractivity contribution < 1.29 is 66.0 Å². The van der Waals surface area contributed by atoms with Gasteiger partial charge in [0.15, 0.2) is 17.2 Å². The average molecular weight is 601 g/mol. The molecule has 0 saturated carbocycles. The monoisotopic (exact) mass is 601 g/mol. The molecule has 39 heavy (non-hydrogen) atoms. The topological polar surface area (TPSA) is 99.5 Å². The van der Waals surface area contributed by atoms with Crippen molar-refractivity contribution in [2.75, 3.05) is 5.32 Å². The molecule has 1 amide bonds. The van der Waals surface area contributed by atoms with E-state index in [1.165, 1.54) is 0 Å². The van der Waals surface area contributed by atoms with Crippen molar-refractivity contribution in [1.82, 2.24) is 9.78 Å². The van der Waals surface area contributed by atoms with Gasteiger partial charge in [0.05, 0.1) is 17.6 Å². The van der Waals surface area contributed by atoms with Crippen molar-refractivity contribution in [1.29, 1.82) is 0 Å². The predicted molar refractivity (Wildman–Crippen MR) is 110 cm³/mol. The van der Waals surface area contributed by atoms with Gasteiger partial charge in [0.2, 0.25) is 5.82 Å². The van der Waals surface area contributed by atoms with Gasteiger partial charge in [-0.15, -0.1) is 0 Å². The van der Waals surface area contributed by atoms with Crippen LogP contribution in [0.5, 0.6) is 5.75 Å². The number of carbonyl (C=O) groups is 1.